The Morgan fingerprint density at radius 2 is 0.607 bits per heavy atom. The summed E-state index contributed by atoms with van der Waals surface area (Å²) < 4.78 is 67.8. The molecule has 0 aliphatic carbocycles. The minimum atomic E-state index is -4.94. The molecule has 0 bridgehead atoms. The molecule has 0 heterocycles. The number of rotatable bonds is 64. The minimum absolute atomic E-state index is 0.102. The van der Waals surface area contributed by atoms with E-state index in [1.54, 1.807) is 0 Å². The molecule has 0 aromatic carbocycles. The van der Waals surface area contributed by atoms with E-state index in [4.69, 9.17) is 37.0 Å². The van der Waals surface area contributed by atoms with E-state index in [-0.39, 0.29) is 25.7 Å². The lowest BCUT2D eigenvalue weighted by molar-refractivity contribution is -0.161. The molecule has 84 heavy (non-hydrogen) atoms. The van der Waals surface area contributed by atoms with Crippen molar-refractivity contribution in [2.24, 2.45) is 11.8 Å². The molecule has 0 spiro atoms. The molecule has 0 radical (unpaired) electrons. The van der Waals surface area contributed by atoms with Crippen molar-refractivity contribution < 1.29 is 80.2 Å². The van der Waals surface area contributed by atoms with Gasteiger partial charge in [-0.25, -0.2) is 9.13 Å². The van der Waals surface area contributed by atoms with Gasteiger partial charge in [0.05, 0.1) is 26.4 Å². The first kappa shape index (κ1) is 82.1. The topological polar surface area (TPSA) is 237 Å². The monoisotopic (exact) mass is 1240 g/mol. The number of carbonyl (C=O) groups excluding carboxylic acids is 4. The lowest BCUT2D eigenvalue weighted by atomic mass is 10.00. The predicted octanol–water partition coefficient (Wildman–Crippen LogP) is 18.0. The molecule has 0 rings (SSSR count). The SMILES string of the molecule is CCCCCCCCCCCCCCCCCCCCCC(=O)O[C@H](COC(=O)CCCCCCCCCC(C)C)COP(=O)(O)OC[C@@H](O)COP(=O)(O)OC[C@@H](COC(=O)CCCCCCC)OC(=O)CCCCCCCCC(C)CC. The number of hydrogen-bond donors (Lipinski definition) is 3. The number of hydrogen-bond acceptors (Lipinski definition) is 15. The van der Waals surface area contributed by atoms with E-state index in [1.165, 1.54) is 128 Å². The van der Waals surface area contributed by atoms with Crippen LogP contribution in [0.1, 0.15) is 324 Å². The highest BCUT2D eigenvalue weighted by molar-refractivity contribution is 7.47. The van der Waals surface area contributed by atoms with Gasteiger partial charge >= 0.3 is 39.5 Å². The molecule has 0 amide bonds. The van der Waals surface area contributed by atoms with Gasteiger partial charge in [0.1, 0.15) is 19.3 Å². The van der Waals surface area contributed by atoms with Crippen molar-refractivity contribution in [1.82, 2.24) is 0 Å². The van der Waals surface area contributed by atoms with E-state index in [9.17, 15) is 43.2 Å². The number of esters is 4. The van der Waals surface area contributed by atoms with E-state index in [0.717, 1.165) is 109 Å². The molecule has 3 N–H and O–H groups in total. The van der Waals surface area contributed by atoms with Crippen LogP contribution in [0.5, 0.6) is 0 Å². The molecule has 6 atom stereocenters. The highest BCUT2D eigenvalue weighted by Crippen LogP contribution is 2.45. The summed E-state index contributed by atoms with van der Waals surface area (Å²) in [5.74, 6) is -0.722. The van der Waals surface area contributed by atoms with Crippen molar-refractivity contribution in [3.63, 3.8) is 0 Å². The first-order valence-electron chi connectivity index (χ1n) is 34.0. The lowest BCUT2D eigenvalue weighted by Gasteiger charge is -2.21. The van der Waals surface area contributed by atoms with Crippen molar-refractivity contribution in [3.05, 3.63) is 0 Å². The van der Waals surface area contributed by atoms with Crippen LogP contribution in [0, 0.1) is 11.8 Å². The van der Waals surface area contributed by atoms with E-state index in [1.807, 2.05) is 0 Å². The third-order valence-corrected chi connectivity index (χ3v) is 17.2. The number of aliphatic hydroxyl groups excluding tert-OH is 1. The van der Waals surface area contributed by atoms with Crippen molar-refractivity contribution in [2.45, 2.75) is 342 Å². The van der Waals surface area contributed by atoms with Gasteiger partial charge in [-0.05, 0) is 37.5 Å². The summed E-state index contributed by atoms with van der Waals surface area (Å²) in [7, 11) is -9.88. The Morgan fingerprint density at radius 1 is 0.345 bits per heavy atom. The van der Waals surface area contributed by atoms with Gasteiger partial charge in [-0.3, -0.25) is 37.3 Å². The number of carbonyl (C=O) groups is 4. The van der Waals surface area contributed by atoms with Crippen LogP contribution in [0.25, 0.3) is 0 Å². The van der Waals surface area contributed by atoms with Crippen LogP contribution in [0.4, 0.5) is 0 Å². The molecule has 19 heteroatoms. The Balaban J connectivity index is 5.12. The van der Waals surface area contributed by atoms with Crippen LogP contribution < -0.4 is 0 Å². The summed E-state index contributed by atoms with van der Waals surface area (Å²) in [6.45, 7) is 9.31. The summed E-state index contributed by atoms with van der Waals surface area (Å²) in [4.78, 5) is 72.0. The molecule has 0 aromatic heterocycles. The summed E-state index contributed by atoms with van der Waals surface area (Å²) in [6.07, 6.45) is 41.0. The van der Waals surface area contributed by atoms with Gasteiger partial charge in [-0.1, -0.05) is 273 Å². The molecule has 0 saturated carbocycles. The molecular weight excluding hydrogens is 1110 g/mol. The zero-order chi connectivity index (χ0) is 62.2. The summed E-state index contributed by atoms with van der Waals surface area (Å²) in [5.41, 5.74) is 0. The molecule has 3 unspecified atom stereocenters. The number of phosphoric ester groups is 2. The first-order valence-corrected chi connectivity index (χ1v) is 37.0. The molecule has 0 saturated heterocycles. The summed E-state index contributed by atoms with van der Waals surface area (Å²) >= 11 is 0. The molecule has 0 aromatic rings. The van der Waals surface area contributed by atoms with Crippen LogP contribution in [0.2, 0.25) is 0 Å². The van der Waals surface area contributed by atoms with Crippen molar-refractivity contribution in [2.75, 3.05) is 39.6 Å². The van der Waals surface area contributed by atoms with E-state index >= 15 is 0 Å². The molecule has 0 aliphatic heterocycles. The fourth-order valence-electron chi connectivity index (χ4n) is 9.68. The summed E-state index contributed by atoms with van der Waals surface area (Å²) in [5, 5.41) is 10.5. The van der Waals surface area contributed by atoms with E-state index < -0.39 is 97.5 Å². The Kier molecular flexibility index (Phi) is 56.2. The van der Waals surface area contributed by atoms with Gasteiger partial charge < -0.3 is 33.8 Å². The quantitative estimate of drug-likeness (QED) is 0.0222. The number of ether oxygens (including phenoxy) is 4. The molecule has 0 fully saturated rings. The zero-order valence-corrected chi connectivity index (χ0v) is 56.0. The second-order valence-corrected chi connectivity index (χ2v) is 27.1. The Morgan fingerprint density at radius 3 is 0.905 bits per heavy atom. The molecule has 17 nitrogen and oxygen atoms in total. The second kappa shape index (κ2) is 57.5. The van der Waals surface area contributed by atoms with Gasteiger partial charge in [0, 0.05) is 25.7 Å². The maximum Gasteiger partial charge on any atom is 0.472 e. The highest BCUT2D eigenvalue weighted by atomic mass is 31.2. The van der Waals surface area contributed by atoms with Gasteiger partial charge in [-0.15, -0.1) is 0 Å². The third kappa shape index (κ3) is 57.8. The van der Waals surface area contributed by atoms with Gasteiger partial charge in [0.15, 0.2) is 12.2 Å². The maximum absolute atomic E-state index is 13.0. The number of aliphatic hydroxyl groups is 1. The van der Waals surface area contributed by atoms with Crippen LogP contribution in [-0.2, 0) is 65.4 Å². The average Bonchev–Trinajstić information content (AvgIpc) is 3.48. The fourth-order valence-corrected chi connectivity index (χ4v) is 11.3. The highest BCUT2D eigenvalue weighted by Gasteiger charge is 2.30. The van der Waals surface area contributed by atoms with Crippen molar-refractivity contribution in [3.8, 4) is 0 Å². The van der Waals surface area contributed by atoms with Crippen LogP contribution >= 0.6 is 15.6 Å². The standard InChI is InChI=1S/C65H126O17P2/c1-7-10-12-14-15-16-17-18-19-20-21-22-23-24-25-26-29-37-43-49-64(69)81-61(54-76-63(68)48-42-36-30-27-28-34-39-45-57(4)5)56-80-84(73,74)78-52-59(66)51-77-83(71,72)79-55-60(53-75-62(67)47-41-33-13-11-8-2)82-65(70)50-44-38-32-31-35-40-46-58(6)9-3/h57-61,66H,7-56H2,1-6H3,(H,71,72)(H,73,74)/t58?,59-,60+,61+/m0/s1. The number of unbranched alkanes of at least 4 members (excludes halogenated alkanes) is 33. The maximum atomic E-state index is 13.0. The van der Waals surface area contributed by atoms with Crippen LogP contribution in [-0.4, -0.2) is 96.7 Å². The lowest BCUT2D eigenvalue weighted by Crippen LogP contribution is -2.30. The zero-order valence-electron chi connectivity index (χ0n) is 54.2. The molecular formula is C65H126O17P2. The van der Waals surface area contributed by atoms with Crippen molar-refractivity contribution >= 4 is 39.5 Å². The molecule has 498 valence electrons. The summed E-state index contributed by atoms with van der Waals surface area (Å²) in [6, 6.07) is 0. The Bertz CT molecular complexity index is 1650. The van der Waals surface area contributed by atoms with Crippen LogP contribution in [0.15, 0.2) is 0 Å². The van der Waals surface area contributed by atoms with Gasteiger partial charge in [0.25, 0.3) is 0 Å². The Hall–Kier alpha value is -1.94. The third-order valence-electron chi connectivity index (χ3n) is 15.3. The predicted molar refractivity (Wildman–Crippen MR) is 335 cm³/mol. The first-order chi connectivity index (χ1) is 40.4. The second-order valence-electron chi connectivity index (χ2n) is 24.2. The Labute approximate surface area is 511 Å². The average molecular weight is 1240 g/mol. The van der Waals surface area contributed by atoms with Gasteiger partial charge in [-0.2, -0.15) is 0 Å². The largest absolute Gasteiger partial charge is 0.472 e. The van der Waals surface area contributed by atoms with Gasteiger partial charge in [0.2, 0.25) is 0 Å². The minimum Gasteiger partial charge on any atom is -0.462 e. The molecule has 0 aliphatic rings. The van der Waals surface area contributed by atoms with E-state index in [0.29, 0.717) is 31.6 Å². The fraction of sp³-hybridized carbons (Fsp3) is 0.938. The van der Waals surface area contributed by atoms with E-state index in [2.05, 4.69) is 41.5 Å². The number of phosphoric acid groups is 2. The normalized spacial score (nSPS) is 14.6. The van der Waals surface area contributed by atoms with Crippen LogP contribution in [0.3, 0.4) is 0 Å². The smallest absolute Gasteiger partial charge is 0.462 e. The van der Waals surface area contributed by atoms with Crippen molar-refractivity contribution in [1.29, 1.82) is 0 Å².